The highest BCUT2D eigenvalue weighted by molar-refractivity contribution is 7.89. The van der Waals surface area contributed by atoms with Crippen LogP contribution in [0.4, 0.5) is 13.2 Å². The largest absolute Gasteiger partial charge is 0.573 e. The number of halogens is 3. The topological polar surface area (TPSA) is 132 Å². The van der Waals surface area contributed by atoms with Gasteiger partial charge in [0.15, 0.2) is 0 Å². The van der Waals surface area contributed by atoms with Crippen molar-refractivity contribution >= 4 is 21.8 Å². The second kappa shape index (κ2) is 12.3. The number of nitrogens with one attached hydrogen (secondary N) is 1. The predicted octanol–water partition coefficient (Wildman–Crippen LogP) is 3.99. The summed E-state index contributed by atoms with van der Waals surface area (Å²) in [6.07, 6.45) is -1.40. The second-order valence-electron chi connectivity index (χ2n) is 9.84. The number of pyridine rings is 1. The minimum Gasteiger partial charge on any atom is -0.406 e. The Morgan fingerprint density at radius 2 is 1.68 bits per heavy atom. The number of alkyl halides is 3. The summed E-state index contributed by atoms with van der Waals surface area (Å²) < 4.78 is 64.7. The number of amides is 2. The fraction of sp³-hybridized carbons (Fsp3) is 0.321. The average Bonchev–Trinajstić information content (AvgIpc) is 3.41. The summed E-state index contributed by atoms with van der Waals surface area (Å²) in [4.78, 5) is 32.1. The molecule has 1 fully saturated rings. The van der Waals surface area contributed by atoms with Crippen LogP contribution in [-0.2, 0) is 32.7 Å². The third-order valence-electron chi connectivity index (χ3n) is 6.88. The van der Waals surface area contributed by atoms with E-state index in [0.29, 0.717) is 36.1 Å². The fourth-order valence-corrected chi connectivity index (χ4v) is 5.68. The van der Waals surface area contributed by atoms with E-state index >= 15 is 0 Å². The van der Waals surface area contributed by atoms with E-state index in [-0.39, 0.29) is 35.5 Å². The molecule has 0 radical (unpaired) electrons. The van der Waals surface area contributed by atoms with Crippen molar-refractivity contribution in [1.29, 1.82) is 0 Å². The molecule has 1 aliphatic rings. The number of carbonyl (C=O) groups excluding carboxylic acids is 2. The van der Waals surface area contributed by atoms with Crippen molar-refractivity contribution < 1.29 is 35.9 Å². The van der Waals surface area contributed by atoms with Crippen LogP contribution in [-0.4, -0.2) is 43.5 Å². The third kappa shape index (κ3) is 7.82. The Labute approximate surface area is 235 Å². The predicted molar refractivity (Wildman–Crippen MR) is 143 cm³/mol. The molecule has 9 nitrogen and oxygen atoms in total. The highest BCUT2D eigenvalue weighted by Crippen LogP contribution is 2.34. The van der Waals surface area contributed by atoms with Gasteiger partial charge in [0.2, 0.25) is 21.8 Å². The monoisotopic (exact) mass is 590 g/mol. The van der Waals surface area contributed by atoms with Gasteiger partial charge in [0, 0.05) is 43.7 Å². The van der Waals surface area contributed by atoms with E-state index in [4.69, 9.17) is 5.14 Å². The molecule has 1 aromatic heterocycles. The molecule has 3 N–H and O–H groups in total. The molecule has 1 saturated carbocycles. The Balaban J connectivity index is 1.34. The second-order valence-corrected chi connectivity index (χ2v) is 11.4. The molecule has 13 heteroatoms. The zero-order valence-corrected chi connectivity index (χ0v) is 22.9. The zero-order chi connectivity index (χ0) is 29.8. The number of nitrogens with zero attached hydrogens (tertiary/aromatic N) is 2. The van der Waals surface area contributed by atoms with Crippen LogP contribution in [0, 0.1) is 11.8 Å². The lowest BCUT2D eigenvalue weighted by atomic mass is 9.93. The molecule has 0 unspecified atom stereocenters. The Morgan fingerprint density at radius 3 is 2.32 bits per heavy atom. The smallest absolute Gasteiger partial charge is 0.406 e. The lowest BCUT2D eigenvalue weighted by Gasteiger charge is -2.25. The number of primary sulfonamides is 1. The Hall–Kier alpha value is -3.97. The van der Waals surface area contributed by atoms with Gasteiger partial charge in [0.1, 0.15) is 5.75 Å². The molecule has 3 aromatic rings. The number of hydrogen-bond acceptors (Lipinski definition) is 6. The van der Waals surface area contributed by atoms with Gasteiger partial charge in [0.05, 0.1) is 10.6 Å². The quantitative estimate of drug-likeness (QED) is 0.388. The SMILES string of the molecule is CN(Cc1ccc(-c2ccccc2S(N)(=O)=O)nc1)C(=O)[C@@H]1CCC[C@H]1C(=O)NCc1ccc(OC(F)(F)F)cc1. The number of nitrogens with two attached hydrogens (primary N) is 1. The maximum Gasteiger partial charge on any atom is 0.573 e. The summed E-state index contributed by atoms with van der Waals surface area (Å²) in [5.41, 5.74) is 2.10. The van der Waals surface area contributed by atoms with Gasteiger partial charge >= 0.3 is 6.36 Å². The molecular formula is C28H29F3N4O5S. The molecule has 0 aliphatic heterocycles. The average molecular weight is 591 g/mol. The first-order valence-corrected chi connectivity index (χ1v) is 14.3. The number of benzene rings is 2. The van der Waals surface area contributed by atoms with Crippen molar-refractivity contribution in [3.63, 3.8) is 0 Å². The van der Waals surface area contributed by atoms with Crippen LogP contribution in [0.3, 0.4) is 0 Å². The van der Waals surface area contributed by atoms with Gasteiger partial charge in [-0.3, -0.25) is 14.6 Å². The summed E-state index contributed by atoms with van der Waals surface area (Å²) in [6.45, 7) is 0.338. The summed E-state index contributed by atoms with van der Waals surface area (Å²) in [6, 6.07) is 14.9. The van der Waals surface area contributed by atoms with Gasteiger partial charge in [-0.2, -0.15) is 0 Å². The molecule has 2 amide bonds. The lowest BCUT2D eigenvalue weighted by molar-refractivity contribution is -0.274. The van der Waals surface area contributed by atoms with Gasteiger partial charge < -0.3 is 15.0 Å². The molecule has 1 aliphatic carbocycles. The van der Waals surface area contributed by atoms with Crippen LogP contribution in [0.15, 0.2) is 71.8 Å². The summed E-state index contributed by atoms with van der Waals surface area (Å²) in [7, 11) is -2.30. The first-order chi connectivity index (χ1) is 19.3. The summed E-state index contributed by atoms with van der Waals surface area (Å²) >= 11 is 0. The lowest BCUT2D eigenvalue weighted by Crippen LogP contribution is -2.40. The summed E-state index contributed by atoms with van der Waals surface area (Å²) in [5, 5.41) is 8.11. The van der Waals surface area contributed by atoms with Crippen LogP contribution in [0.1, 0.15) is 30.4 Å². The molecule has 2 aromatic carbocycles. The van der Waals surface area contributed by atoms with Crippen LogP contribution in [0.5, 0.6) is 5.75 Å². The Kier molecular flexibility index (Phi) is 8.98. The van der Waals surface area contributed by atoms with E-state index in [1.54, 1.807) is 43.6 Å². The van der Waals surface area contributed by atoms with E-state index in [1.807, 2.05) is 0 Å². The minimum atomic E-state index is -4.78. The first-order valence-electron chi connectivity index (χ1n) is 12.8. The maximum atomic E-state index is 13.3. The van der Waals surface area contributed by atoms with Gasteiger partial charge in [-0.1, -0.05) is 42.8 Å². The molecule has 2 atom stereocenters. The molecule has 1 heterocycles. The van der Waals surface area contributed by atoms with Gasteiger partial charge in [-0.15, -0.1) is 13.2 Å². The molecule has 218 valence electrons. The molecule has 41 heavy (non-hydrogen) atoms. The van der Waals surface area contributed by atoms with E-state index in [0.717, 1.165) is 5.56 Å². The van der Waals surface area contributed by atoms with Crippen molar-refractivity contribution in [2.75, 3.05) is 7.05 Å². The van der Waals surface area contributed by atoms with Gasteiger partial charge in [-0.05, 0) is 48.2 Å². The molecule has 0 spiro atoms. The normalized spacial score (nSPS) is 17.2. The standard InChI is InChI=1S/C28H29F3N4O5S/c1-35(17-19-11-14-24(33-16-19)23-5-2-3-8-25(23)41(32,38)39)27(37)22-7-4-6-21(22)26(36)34-15-18-9-12-20(13-10-18)40-28(29,30)31/h2-3,5,8-14,16,21-22H,4,6-7,15,17H2,1H3,(H,34,36)(H2,32,38,39)/t21-,22-/m1/s1. The summed E-state index contributed by atoms with van der Waals surface area (Å²) in [5.74, 6) is -1.84. The fourth-order valence-electron chi connectivity index (χ4n) is 4.94. The van der Waals surface area contributed by atoms with Crippen LogP contribution in [0.2, 0.25) is 0 Å². The number of aromatic nitrogens is 1. The van der Waals surface area contributed by atoms with Crippen LogP contribution in [0.25, 0.3) is 11.3 Å². The number of hydrogen-bond donors (Lipinski definition) is 2. The minimum absolute atomic E-state index is 0.0365. The van der Waals surface area contributed by atoms with E-state index in [2.05, 4.69) is 15.0 Å². The number of rotatable bonds is 9. The first kappa shape index (κ1) is 30.0. The van der Waals surface area contributed by atoms with Crippen LogP contribution < -0.4 is 15.2 Å². The van der Waals surface area contributed by atoms with Gasteiger partial charge in [0.25, 0.3) is 0 Å². The number of sulfonamides is 1. The molecular weight excluding hydrogens is 561 g/mol. The third-order valence-corrected chi connectivity index (χ3v) is 7.85. The zero-order valence-electron chi connectivity index (χ0n) is 22.1. The van der Waals surface area contributed by atoms with E-state index < -0.39 is 28.2 Å². The number of ether oxygens (including phenoxy) is 1. The molecule has 4 rings (SSSR count). The van der Waals surface area contributed by atoms with Gasteiger partial charge in [-0.25, -0.2) is 13.6 Å². The number of carbonyl (C=O) groups is 2. The molecule has 0 saturated heterocycles. The van der Waals surface area contributed by atoms with Crippen molar-refractivity contribution in [3.8, 4) is 17.0 Å². The maximum absolute atomic E-state index is 13.3. The van der Waals surface area contributed by atoms with E-state index in [1.165, 1.54) is 35.2 Å². The Bertz CT molecular complexity index is 1500. The van der Waals surface area contributed by atoms with Crippen molar-refractivity contribution in [2.45, 2.75) is 43.6 Å². The van der Waals surface area contributed by atoms with Crippen LogP contribution >= 0.6 is 0 Å². The van der Waals surface area contributed by atoms with Crippen molar-refractivity contribution in [1.82, 2.24) is 15.2 Å². The highest BCUT2D eigenvalue weighted by Gasteiger charge is 2.39. The van der Waals surface area contributed by atoms with E-state index in [9.17, 15) is 31.2 Å². The van der Waals surface area contributed by atoms with Crippen molar-refractivity contribution in [2.24, 2.45) is 17.0 Å². The van der Waals surface area contributed by atoms with Crippen molar-refractivity contribution in [3.05, 3.63) is 78.0 Å². The molecule has 0 bridgehead atoms. The highest BCUT2D eigenvalue weighted by atomic mass is 32.2. The Morgan fingerprint density at radius 1 is 1.02 bits per heavy atom.